The van der Waals surface area contributed by atoms with Gasteiger partial charge < -0.3 is 4.74 Å². The molecule has 2 unspecified atom stereocenters. The van der Waals surface area contributed by atoms with Gasteiger partial charge >= 0.3 is 0 Å². The van der Waals surface area contributed by atoms with E-state index < -0.39 is 11.6 Å². The lowest BCUT2D eigenvalue weighted by Gasteiger charge is -2.29. The van der Waals surface area contributed by atoms with Crippen LogP contribution in [0.3, 0.4) is 0 Å². The van der Waals surface area contributed by atoms with Gasteiger partial charge in [0.05, 0.1) is 12.7 Å². The van der Waals surface area contributed by atoms with Crippen LogP contribution in [0.15, 0.2) is 36.4 Å². The van der Waals surface area contributed by atoms with Crippen molar-refractivity contribution in [3.63, 3.8) is 0 Å². The molecule has 2 aromatic carbocycles. The summed E-state index contributed by atoms with van der Waals surface area (Å²) in [7, 11) is 0. The van der Waals surface area contributed by atoms with E-state index in [-0.39, 0.29) is 12.0 Å². The predicted molar refractivity (Wildman–Crippen MR) is 137 cm³/mol. The third-order valence-corrected chi connectivity index (χ3v) is 8.29. The van der Waals surface area contributed by atoms with Crippen molar-refractivity contribution in [1.29, 1.82) is 0 Å². The van der Waals surface area contributed by atoms with Gasteiger partial charge in [-0.25, -0.2) is 8.78 Å². The van der Waals surface area contributed by atoms with Crippen molar-refractivity contribution in [3.05, 3.63) is 59.2 Å². The second-order valence-corrected chi connectivity index (χ2v) is 10.7. The van der Waals surface area contributed by atoms with Gasteiger partial charge in [0, 0.05) is 11.5 Å². The number of hydrogen-bond donors (Lipinski definition) is 0. The van der Waals surface area contributed by atoms with E-state index in [1.807, 2.05) is 12.1 Å². The lowest BCUT2D eigenvalue weighted by atomic mass is 9.77. The standard InChI is InChI=1S/C31H42F2O/c1-3-5-6-8-22-9-11-23(12-10-22)24-13-15-25(16-14-24)28-19-20-29(31(33)30(28)32)26-17-18-27(7-4-2)34-21-26/h13-16,19-20,22-23,26-27H,3-12,17-18,21H2,1-2H3. The maximum Gasteiger partial charge on any atom is 0.166 e. The average molecular weight is 469 g/mol. The van der Waals surface area contributed by atoms with Gasteiger partial charge in [-0.3, -0.25) is 0 Å². The van der Waals surface area contributed by atoms with Gasteiger partial charge in [0.2, 0.25) is 0 Å². The quantitative estimate of drug-likeness (QED) is 0.333. The topological polar surface area (TPSA) is 9.23 Å². The molecular weight excluding hydrogens is 426 g/mol. The van der Waals surface area contributed by atoms with Crippen LogP contribution < -0.4 is 0 Å². The summed E-state index contributed by atoms with van der Waals surface area (Å²) in [6, 6.07) is 11.7. The number of ether oxygens (including phenoxy) is 1. The minimum Gasteiger partial charge on any atom is -0.378 e. The summed E-state index contributed by atoms with van der Waals surface area (Å²) in [4.78, 5) is 0. The summed E-state index contributed by atoms with van der Waals surface area (Å²) in [6.45, 7) is 4.90. The fourth-order valence-electron chi connectivity index (χ4n) is 6.11. The van der Waals surface area contributed by atoms with Crippen molar-refractivity contribution in [3.8, 4) is 11.1 Å². The van der Waals surface area contributed by atoms with Gasteiger partial charge in [0.1, 0.15) is 0 Å². The molecule has 0 spiro atoms. The summed E-state index contributed by atoms with van der Waals surface area (Å²) in [5.74, 6) is 0.00295. The Balaban J connectivity index is 1.38. The Kier molecular flexibility index (Phi) is 9.17. The zero-order valence-electron chi connectivity index (χ0n) is 21.1. The second kappa shape index (κ2) is 12.3. The Morgan fingerprint density at radius 3 is 2.12 bits per heavy atom. The summed E-state index contributed by atoms with van der Waals surface area (Å²) in [5.41, 5.74) is 2.91. The van der Waals surface area contributed by atoms with E-state index in [1.165, 1.54) is 56.9 Å². The highest BCUT2D eigenvalue weighted by molar-refractivity contribution is 5.65. The molecule has 0 N–H and O–H groups in total. The zero-order valence-corrected chi connectivity index (χ0v) is 21.1. The van der Waals surface area contributed by atoms with Gasteiger partial charge in [-0.05, 0) is 73.5 Å². The van der Waals surface area contributed by atoms with Crippen LogP contribution >= 0.6 is 0 Å². The summed E-state index contributed by atoms with van der Waals surface area (Å²) in [6.07, 6.45) is 14.7. The molecule has 2 fully saturated rings. The molecule has 34 heavy (non-hydrogen) atoms. The Morgan fingerprint density at radius 2 is 1.47 bits per heavy atom. The van der Waals surface area contributed by atoms with Gasteiger partial charge in [0.15, 0.2) is 11.6 Å². The molecule has 1 aliphatic heterocycles. The minimum absolute atomic E-state index is 0.0591. The van der Waals surface area contributed by atoms with E-state index in [4.69, 9.17) is 4.74 Å². The number of halogens is 2. The van der Waals surface area contributed by atoms with Crippen molar-refractivity contribution < 1.29 is 13.5 Å². The number of unbranched alkanes of at least 4 members (excludes halogenated alkanes) is 2. The molecule has 3 heteroatoms. The van der Waals surface area contributed by atoms with Gasteiger partial charge in [-0.1, -0.05) is 82.3 Å². The molecule has 1 heterocycles. The molecule has 2 aromatic rings. The van der Waals surface area contributed by atoms with Crippen LogP contribution in [0.25, 0.3) is 11.1 Å². The van der Waals surface area contributed by atoms with E-state index >= 15 is 8.78 Å². The summed E-state index contributed by atoms with van der Waals surface area (Å²) < 4.78 is 36.1. The molecular formula is C31H42F2O. The fourth-order valence-corrected chi connectivity index (χ4v) is 6.11. The molecule has 1 aliphatic carbocycles. The van der Waals surface area contributed by atoms with E-state index in [9.17, 15) is 0 Å². The molecule has 4 rings (SSSR count). The van der Waals surface area contributed by atoms with E-state index in [0.717, 1.165) is 37.2 Å². The first-order chi connectivity index (χ1) is 16.6. The van der Waals surface area contributed by atoms with Crippen LogP contribution in [0.2, 0.25) is 0 Å². The number of rotatable bonds is 9. The summed E-state index contributed by atoms with van der Waals surface area (Å²) >= 11 is 0. The molecule has 0 bridgehead atoms. The molecule has 1 saturated carbocycles. The molecule has 1 saturated heterocycles. The highest BCUT2D eigenvalue weighted by Crippen LogP contribution is 2.39. The van der Waals surface area contributed by atoms with Crippen LogP contribution in [-0.4, -0.2) is 12.7 Å². The third kappa shape index (κ3) is 6.08. The second-order valence-electron chi connectivity index (χ2n) is 10.7. The number of hydrogen-bond acceptors (Lipinski definition) is 1. The smallest absolute Gasteiger partial charge is 0.166 e. The van der Waals surface area contributed by atoms with Crippen LogP contribution in [0.4, 0.5) is 8.78 Å². The van der Waals surface area contributed by atoms with E-state index in [1.54, 1.807) is 12.1 Å². The van der Waals surface area contributed by atoms with Crippen molar-refractivity contribution in [2.45, 2.75) is 109 Å². The van der Waals surface area contributed by atoms with Crippen molar-refractivity contribution in [1.82, 2.24) is 0 Å². The van der Waals surface area contributed by atoms with Crippen LogP contribution in [0.1, 0.15) is 114 Å². The first kappa shape index (κ1) is 25.4. The zero-order chi connectivity index (χ0) is 23.9. The third-order valence-electron chi connectivity index (χ3n) is 8.29. The SMILES string of the molecule is CCCCCC1CCC(c2ccc(-c3ccc(C4CCC(CCC)OC4)c(F)c3F)cc2)CC1. The van der Waals surface area contributed by atoms with Crippen molar-refractivity contribution in [2.24, 2.45) is 5.92 Å². The minimum atomic E-state index is -0.728. The highest BCUT2D eigenvalue weighted by Gasteiger charge is 2.27. The lowest BCUT2D eigenvalue weighted by molar-refractivity contribution is -0.00181. The average Bonchev–Trinajstić information content (AvgIpc) is 2.87. The Labute approximate surface area is 205 Å². The molecule has 2 atom stereocenters. The Hall–Kier alpha value is -1.74. The van der Waals surface area contributed by atoms with Crippen LogP contribution in [0, 0.1) is 17.6 Å². The molecule has 0 aromatic heterocycles. The van der Waals surface area contributed by atoms with E-state index in [2.05, 4.69) is 26.0 Å². The maximum atomic E-state index is 15.1. The monoisotopic (exact) mass is 468 g/mol. The first-order valence-electron chi connectivity index (χ1n) is 13.8. The van der Waals surface area contributed by atoms with Crippen molar-refractivity contribution in [2.75, 3.05) is 6.61 Å². The van der Waals surface area contributed by atoms with E-state index in [0.29, 0.717) is 23.7 Å². The Morgan fingerprint density at radius 1 is 0.735 bits per heavy atom. The molecule has 2 aliphatic rings. The Bertz CT molecular complexity index is 890. The predicted octanol–water partition coefficient (Wildman–Crippen LogP) is 9.55. The molecule has 186 valence electrons. The molecule has 0 amide bonds. The lowest BCUT2D eigenvalue weighted by Crippen LogP contribution is -2.25. The highest BCUT2D eigenvalue weighted by atomic mass is 19.2. The number of benzene rings is 2. The normalized spacial score (nSPS) is 25.4. The summed E-state index contributed by atoms with van der Waals surface area (Å²) in [5, 5.41) is 0. The van der Waals surface area contributed by atoms with Crippen LogP contribution in [-0.2, 0) is 4.74 Å². The maximum absolute atomic E-state index is 15.1. The van der Waals surface area contributed by atoms with Crippen molar-refractivity contribution >= 4 is 0 Å². The molecule has 0 radical (unpaired) electrons. The first-order valence-corrected chi connectivity index (χ1v) is 13.8. The van der Waals surface area contributed by atoms with Gasteiger partial charge in [-0.15, -0.1) is 0 Å². The van der Waals surface area contributed by atoms with Gasteiger partial charge in [-0.2, -0.15) is 0 Å². The van der Waals surface area contributed by atoms with Crippen LogP contribution in [0.5, 0.6) is 0 Å². The molecule has 1 nitrogen and oxygen atoms in total. The van der Waals surface area contributed by atoms with Gasteiger partial charge in [0.25, 0.3) is 0 Å². The largest absolute Gasteiger partial charge is 0.378 e. The fraction of sp³-hybridized carbons (Fsp3) is 0.613.